The second-order valence-electron chi connectivity index (χ2n) is 9.48. The second-order valence-corrected chi connectivity index (χ2v) is 10.6. The average Bonchev–Trinajstić information content (AvgIpc) is 3.22. The Kier molecular flexibility index (Phi) is 11.0. The van der Waals surface area contributed by atoms with Crippen LogP contribution < -0.4 is 20.1 Å². The standard InChI is InChI=1S/C32H35N3O6S/c1-4-5-20-41-26-14-10-22(11-15-26)30(36)34-24-8-6-9-27(21-24)42-29-28(33-23-12-16-25(40-3)17-13-23)31(37)35(32(29)38)18-7-19-39-2/h6,8-17,21,33H,4-5,7,18-20H2,1-3H3,(H,34,36). The summed E-state index contributed by atoms with van der Waals surface area (Å²) in [5.41, 5.74) is 1.90. The summed E-state index contributed by atoms with van der Waals surface area (Å²) < 4.78 is 16.0. The van der Waals surface area contributed by atoms with Crippen LogP contribution in [0, 0.1) is 0 Å². The normalized spacial score (nSPS) is 13.0. The number of methoxy groups -OCH3 is 2. The lowest BCUT2D eigenvalue weighted by molar-refractivity contribution is -0.137. The van der Waals surface area contributed by atoms with Gasteiger partial charge in [0.25, 0.3) is 17.7 Å². The SMILES string of the molecule is CCCCOc1ccc(C(=O)Nc2cccc(SC3=C(Nc4ccc(OC)cc4)C(=O)N(CCCOC)C3=O)c2)cc1. The van der Waals surface area contributed by atoms with Crippen LogP contribution in [0.3, 0.4) is 0 Å². The van der Waals surface area contributed by atoms with Crippen molar-refractivity contribution in [1.82, 2.24) is 4.90 Å². The quantitative estimate of drug-likeness (QED) is 0.166. The first-order valence-corrected chi connectivity index (χ1v) is 14.6. The van der Waals surface area contributed by atoms with Crippen molar-refractivity contribution in [3.63, 3.8) is 0 Å². The average molecular weight is 590 g/mol. The molecule has 220 valence electrons. The van der Waals surface area contributed by atoms with Gasteiger partial charge in [-0.15, -0.1) is 0 Å². The highest BCUT2D eigenvalue weighted by Gasteiger charge is 2.38. The first-order valence-electron chi connectivity index (χ1n) is 13.8. The zero-order valence-corrected chi connectivity index (χ0v) is 24.8. The van der Waals surface area contributed by atoms with Gasteiger partial charge < -0.3 is 24.8 Å². The van der Waals surface area contributed by atoms with Crippen LogP contribution in [0.5, 0.6) is 11.5 Å². The molecule has 3 amide bonds. The zero-order chi connectivity index (χ0) is 29.9. The molecule has 0 radical (unpaired) electrons. The minimum atomic E-state index is -0.402. The Bertz CT molecular complexity index is 1420. The highest BCUT2D eigenvalue weighted by atomic mass is 32.2. The molecule has 0 unspecified atom stereocenters. The van der Waals surface area contributed by atoms with Crippen LogP contribution in [-0.4, -0.2) is 56.6 Å². The number of imide groups is 1. The maximum absolute atomic E-state index is 13.4. The molecular weight excluding hydrogens is 554 g/mol. The van der Waals surface area contributed by atoms with Crippen molar-refractivity contribution < 1.29 is 28.6 Å². The molecule has 3 aromatic carbocycles. The van der Waals surface area contributed by atoms with Gasteiger partial charge in [0.2, 0.25) is 0 Å². The van der Waals surface area contributed by atoms with Gasteiger partial charge in [-0.25, -0.2) is 0 Å². The number of carbonyl (C=O) groups excluding carboxylic acids is 3. The van der Waals surface area contributed by atoms with Gasteiger partial charge in [0.05, 0.1) is 13.7 Å². The number of hydrogen-bond donors (Lipinski definition) is 2. The highest BCUT2D eigenvalue weighted by Crippen LogP contribution is 2.37. The van der Waals surface area contributed by atoms with E-state index in [1.807, 2.05) is 6.07 Å². The third-order valence-electron chi connectivity index (χ3n) is 6.41. The summed E-state index contributed by atoms with van der Waals surface area (Å²) in [4.78, 5) is 41.9. The Morgan fingerprint density at radius 2 is 1.60 bits per heavy atom. The fraction of sp³-hybridized carbons (Fsp3) is 0.281. The fourth-order valence-corrected chi connectivity index (χ4v) is 5.15. The van der Waals surface area contributed by atoms with Crippen LogP contribution in [0.1, 0.15) is 36.5 Å². The van der Waals surface area contributed by atoms with Crippen molar-refractivity contribution in [3.05, 3.63) is 89.0 Å². The smallest absolute Gasteiger partial charge is 0.278 e. The van der Waals surface area contributed by atoms with Crippen molar-refractivity contribution in [2.24, 2.45) is 0 Å². The predicted octanol–water partition coefficient (Wildman–Crippen LogP) is 5.95. The Hall–Kier alpha value is -4.28. The van der Waals surface area contributed by atoms with E-state index < -0.39 is 5.91 Å². The first kappa shape index (κ1) is 30.7. The minimum Gasteiger partial charge on any atom is -0.497 e. The number of thioether (sulfide) groups is 1. The summed E-state index contributed by atoms with van der Waals surface area (Å²) in [7, 11) is 3.15. The van der Waals surface area contributed by atoms with Crippen molar-refractivity contribution in [1.29, 1.82) is 0 Å². The number of nitrogens with one attached hydrogen (secondary N) is 2. The number of ether oxygens (including phenoxy) is 3. The molecule has 4 rings (SSSR count). The third kappa shape index (κ3) is 7.92. The Labute approximate surface area is 250 Å². The molecule has 0 aromatic heterocycles. The fourth-order valence-electron chi connectivity index (χ4n) is 4.14. The Morgan fingerprint density at radius 1 is 0.857 bits per heavy atom. The van der Waals surface area contributed by atoms with Gasteiger partial charge in [0.1, 0.15) is 22.1 Å². The van der Waals surface area contributed by atoms with E-state index in [0.29, 0.717) is 47.2 Å². The molecule has 2 N–H and O–H groups in total. The minimum absolute atomic E-state index is 0.197. The summed E-state index contributed by atoms with van der Waals surface area (Å²) >= 11 is 1.17. The molecule has 3 aromatic rings. The molecule has 0 spiro atoms. The van der Waals surface area contributed by atoms with E-state index >= 15 is 0 Å². The van der Waals surface area contributed by atoms with Gasteiger partial charge >= 0.3 is 0 Å². The number of rotatable bonds is 15. The topological polar surface area (TPSA) is 106 Å². The summed E-state index contributed by atoms with van der Waals surface area (Å²) in [6, 6.07) is 21.3. The molecule has 0 atom stereocenters. The van der Waals surface area contributed by atoms with Gasteiger partial charge in [-0.3, -0.25) is 19.3 Å². The van der Waals surface area contributed by atoms with E-state index in [0.717, 1.165) is 18.6 Å². The molecule has 0 saturated heterocycles. The molecule has 42 heavy (non-hydrogen) atoms. The summed E-state index contributed by atoms with van der Waals surface area (Å²) in [6.45, 7) is 3.40. The van der Waals surface area contributed by atoms with Crippen LogP contribution in [-0.2, 0) is 14.3 Å². The first-order chi connectivity index (χ1) is 20.4. The lowest BCUT2D eigenvalue weighted by Gasteiger charge is -2.14. The van der Waals surface area contributed by atoms with E-state index in [2.05, 4.69) is 17.6 Å². The number of anilines is 2. The van der Waals surface area contributed by atoms with E-state index in [1.54, 1.807) is 80.9 Å². The molecule has 1 aliphatic rings. The highest BCUT2D eigenvalue weighted by molar-refractivity contribution is 8.04. The number of amides is 3. The van der Waals surface area contributed by atoms with Crippen molar-refractivity contribution in [3.8, 4) is 11.5 Å². The molecule has 1 aliphatic heterocycles. The van der Waals surface area contributed by atoms with Gasteiger partial charge in [0, 0.05) is 42.1 Å². The molecule has 9 nitrogen and oxygen atoms in total. The Balaban J connectivity index is 1.51. The largest absolute Gasteiger partial charge is 0.497 e. The van der Waals surface area contributed by atoms with E-state index in [1.165, 1.54) is 16.7 Å². The van der Waals surface area contributed by atoms with E-state index in [4.69, 9.17) is 14.2 Å². The molecule has 0 bridgehead atoms. The molecule has 0 fully saturated rings. The summed E-state index contributed by atoms with van der Waals surface area (Å²) in [5.74, 6) is 0.343. The van der Waals surface area contributed by atoms with Crippen molar-refractivity contribution in [2.75, 3.05) is 44.6 Å². The lowest BCUT2D eigenvalue weighted by Crippen LogP contribution is -2.33. The molecule has 1 heterocycles. The van der Waals surface area contributed by atoms with Crippen molar-refractivity contribution in [2.45, 2.75) is 31.1 Å². The monoisotopic (exact) mass is 589 g/mol. The molecular formula is C32H35N3O6S. The lowest BCUT2D eigenvalue weighted by atomic mass is 10.2. The molecule has 10 heteroatoms. The number of nitrogens with zero attached hydrogens (tertiary/aromatic N) is 1. The number of hydrogen-bond acceptors (Lipinski definition) is 8. The van der Waals surface area contributed by atoms with Crippen LogP contribution in [0.25, 0.3) is 0 Å². The van der Waals surface area contributed by atoms with Crippen LogP contribution in [0.15, 0.2) is 88.3 Å². The molecule has 0 aliphatic carbocycles. The predicted molar refractivity (Wildman–Crippen MR) is 164 cm³/mol. The van der Waals surface area contributed by atoms with Crippen LogP contribution in [0.2, 0.25) is 0 Å². The summed E-state index contributed by atoms with van der Waals surface area (Å²) in [5, 5.41) is 6.04. The van der Waals surface area contributed by atoms with E-state index in [-0.39, 0.29) is 29.0 Å². The van der Waals surface area contributed by atoms with Gasteiger partial charge in [-0.1, -0.05) is 31.2 Å². The van der Waals surface area contributed by atoms with E-state index in [9.17, 15) is 14.4 Å². The second kappa shape index (κ2) is 15.1. The van der Waals surface area contributed by atoms with Crippen molar-refractivity contribution >= 4 is 40.9 Å². The molecule has 0 saturated carbocycles. The number of unbranched alkanes of at least 4 members (excludes halogenated alkanes) is 1. The number of carbonyl (C=O) groups is 3. The van der Waals surface area contributed by atoms with Crippen LogP contribution in [0.4, 0.5) is 11.4 Å². The Morgan fingerprint density at radius 3 is 2.29 bits per heavy atom. The zero-order valence-electron chi connectivity index (χ0n) is 24.0. The maximum atomic E-state index is 13.4. The third-order valence-corrected chi connectivity index (χ3v) is 7.48. The number of benzene rings is 3. The van der Waals surface area contributed by atoms with Crippen LogP contribution >= 0.6 is 11.8 Å². The van der Waals surface area contributed by atoms with Gasteiger partial charge in [-0.05, 0) is 79.6 Å². The van der Waals surface area contributed by atoms with Gasteiger partial charge in [0.15, 0.2) is 0 Å². The summed E-state index contributed by atoms with van der Waals surface area (Å²) in [6.07, 6.45) is 2.54. The maximum Gasteiger partial charge on any atom is 0.278 e. The van der Waals surface area contributed by atoms with Gasteiger partial charge in [-0.2, -0.15) is 0 Å².